The molecule has 2 aromatic rings. The Morgan fingerprint density at radius 2 is 2.05 bits per heavy atom. The number of rotatable bonds is 5. The molecule has 1 aromatic heterocycles. The highest BCUT2D eigenvalue weighted by atomic mass is 79.9. The first-order valence-electron chi connectivity index (χ1n) is 6.33. The van der Waals surface area contributed by atoms with Gasteiger partial charge in [-0.05, 0) is 44.9 Å². The summed E-state index contributed by atoms with van der Waals surface area (Å²) in [6, 6.07) is 11.4. The summed E-state index contributed by atoms with van der Waals surface area (Å²) < 4.78 is 1.07. The van der Waals surface area contributed by atoms with Gasteiger partial charge in [0.2, 0.25) is 5.91 Å². The lowest BCUT2D eigenvalue weighted by Crippen LogP contribution is -2.42. The normalized spacial score (nSPS) is 12.2. The zero-order valence-electron chi connectivity index (χ0n) is 11.3. The molecule has 0 bridgehead atoms. The van der Waals surface area contributed by atoms with Gasteiger partial charge in [-0.2, -0.15) is 0 Å². The summed E-state index contributed by atoms with van der Waals surface area (Å²) in [6.07, 6.45) is 0.567. The molecule has 0 radical (unpaired) electrons. The number of amides is 1. The fraction of sp³-hybridized carbons (Fsp3) is 0.267. The van der Waals surface area contributed by atoms with Crippen LogP contribution in [-0.2, 0) is 17.8 Å². The number of likely N-dealkylation sites (N-methyl/N-ethyl adjacent to an activating group) is 1. The highest BCUT2D eigenvalue weighted by Crippen LogP contribution is 2.21. The summed E-state index contributed by atoms with van der Waals surface area (Å²) in [4.78, 5) is 13.9. The van der Waals surface area contributed by atoms with E-state index in [-0.39, 0.29) is 5.91 Å². The van der Waals surface area contributed by atoms with Gasteiger partial charge in [-0.1, -0.05) is 30.3 Å². The van der Waals surface area contributed by atoms with E-state index in [1.54, 1.807) is 23.3 Å². The summed E-state index contributed by atoms with van der Waals surface area (Å²) in [5.74, 6) is -0.0313. The summed E-state index contributed by atoms with van der Waals surface area (Å²) in [5, 5.41) is 2.04. The van der Waals surface area contributed by atoms with E-state index in [1.807, 2.05) is 41.8 Å². The van der Waals surface area contributed by atoms with Crippen molar-refractivity contribution in [3.8, 4) is 0 Å². The highest BCUT2D eigenvalue weighted by molar-refractivity contribution is 9.11. The number of hydrogen-bond acceptors (Lipinski definition) is 3. The highest BCUT2D eigenvalue weighted by Gasteiger charge is 2.18. The third-order valence-corrected chi connectivity index (χ3v) is 4.59. The van der Waals surface area contributed by atoms with E-state index in [1.165, 1.54) is 0 Å². The maximum Gasteiger partial charge on any atom is 0.239 e. The van der Waals surface area contributed by atoms with E-state index < -0.39 is 6.04 Å². The molecule has 0 aliphatic carbocycles. The van der Waals surface area contributed by atoms with Crippen LogP contribution in [0.5, 0.6) is 0 Å². The van der Waals surface area contributed by atoms with E-state index >= 15 is 0 Å². The maximum absolute atomic E-state index is 12.3. The SMILES string of the molecule is CN(Cc1csc(Br)c1)C(=O)[C@@H](N)Cc1ccccc1. The van der Waals surface area contributed by atoms with E-state index in [0.29, 0.717) is 13.0 Å². The van der Waals surface area contributed by atoms with Crippen molar-refractivity contribution in [1.82, 2.24) is 4.90 Å². The first-order valence-corrected chi connectivity index (χ1v) is 8.01. The van der Waals surface area contributed by atoms with Gasteiger partial charge in [0, 0.05) is 13.6 Å². The van der Waals surface area contributed by atoms with Gasteiger partial charge in [0.05, 0.1) is 9.83 Å². The van der Waals surface area contributed by atoms with Gasteiger partial charge in [0.25, 0.3) is 0 Å². The van der Waals surface area contributed by atoms with Crippen LogP contribution in [0, 0.1) is 0 Å². The Hall–Kier alpha value is -1.17. The van der Waals surface area contributed by atoms with Crippen LogP contribution in [0.3, 0.4) is 0 Å². The second kappa shape index (κ2) is 7.02. The smallest absolute Gasteiger partial charge is 0.239 e. The van der Waals surface area contributed by atoms with Gasteiger partial charge in [0.1, 0.15) is 0 Å². The zero-order chi connectivity index (χ0) is 14.5. The third kappa shape index (κ3) is 4.16. The molecule has 0 saturated carbocycles. The molecule has 1 atom stereocenters. The Morgan fingerprint density at radius 3 is 2.65 bits per heavy atom. The molecule has 1 amide bonds. The van der Waals surface area contributed by atoms with E-state index in [9.17, 15) is 4.79 Å². The van der Waals surface area contributed by atoms with Crippen molar-refractivity contribution < 1.29 is 4.79 Å². The van der Waals surface area contributed by atoms with Crippen molar-refractivity contribution in [2.75, 3.05) is 7.05 Å². The van der Waals surface area contributed by atoms with E-state index in [4.69, 9.17) is 5.73 Å². The Kier molecular flexibility index (Phi) is 5.34. The lowest BCUT2D eigenvalue weighted by atomic mass is 10.1. The second-order valence-corrected chi connectivity index (χ2v) is 7.04. The number of hydrogen-bond donors (Lipinski definition) is 1. The molecule has 2 N–H and O–H groups in total. The predicted molar refractivity (Wildman–Crippen MR) is 86.6 cm³/mol. The van der Waals surface area contributed by atoms with Crippen molar-refractivity contribution >= 4 is 33.2 Å². The van der Waals surface area contributed by atoms with Crippen LogP contribution in [0.2, 0.25) is 0 Å². The number of thiophene rings is 1. The number of carbonyl (C=O) groups excluding carboxylic acids is 1. The van der Waals surface area contributed by atoms with Crippen LogP contribution in [0.25, 0.3) is 0 Å². The van der Waals surface area contributed by atoms with Crippen LogP contribution in [-0.4, -0.2) is 23.9 Å². The molecule has 106 valence electrons. The van der Waals surface area contributed by atoms with Gasteiger partial charge in [-0.25, -0.2) is 0 Å². The van der Waals surface area contributed by atoms with E-state index in [2.05, 4.69) is 15.9 Å². The fourth-order valence-electron chi connectivity index (χ4n) is 2.02. The molecule has 0 fully saturated rings. The second-order valence-electron chi connectivity index (χ2n) is 4.75. The standard InChI is InChI=1S/C15H17BrN2OS/c1-18(9-12-8-14(16)20-10-12)15(19)13(17)7-11-5-3-2-4-6-11/h2-6,8,10,13H,7,9,17H2,1H3/t13-/m0/s1. The van der Waals surface area contributed by atoms with Crippen LogP contribution in [0.4, 0.5) is 0 Å². The minimum absolute atomic E-state index is 0.0313. The molecule has 0 aliphatic rings. The Labute approximate surface area is 131 Å². The summed E-state index contributed by atoms with van der Waals surface area (Å²) in [6.45, 7) is 0.587. The fourth-order valence-corrected chi connectivity index (χ4v) is 3.22. The van der Waals surface area contributed by atoms with Crippen molar-refractivity contribution in [2.45, 2.75) is 19.0 Å². The molecule has 0 saturated heterocycles. The minimum atomic E-state index is -0.496. The third-order valence-electron chi connectivity index (χ3n) is 3.03. The zero-order valence-corrected chi connectivity index (χ0v) is 13.7. The number of carbonyl (C=O) groups is 1. The topological polar surface area (TPSA) is 46.3 Å². The lowest BCUT2D eigenvalue weighted by molar-refractivity contribution is -0.131. The van der Waals surface area contributed by atoms with Crippen molar-refractivity contribution in [1.29, 1.82) is 0 Å². The first-order chi connectivity index (χ1) is 9.56. The number of halogens is 1. The monoisotopic (exact) mass is 352 g/mol. The van der Waals surface area contributed by atoms with Crippen LogP contribution < -0.4 is 5.73 Å². The quantitative estimate of drug-likeness (QED) is 0.898. The summed E-state index contributed by atoms with van der Waals surface area (Å²) in [7, 11) is 1.79. The van der Waals surface area contributed by atoms with Crippen LogP contribution in [0.1, 0.15) is 11.1 Å². The molecule has 20 heavy (non-hydrogen) atoms. The van der Waals surface area contributed by atoms with E-state index in [0.717, 1.165) is 14.9 Å². The minimum Gasteiger partial charge on any atom is -0.340 e. The molecule has 0 aliphatic heterocycles. The molecule has 2 rings (SSSR count). The Balaban J connectivity index is 1.92. The molecule has 0 unspecified atom stereocenters. The predicted octanol–water partition coefficient (Wildman–Crippen LogP) is 3.04. The molecule has 3 nitrogen and oxygen atoms in total. The van der Waals surface area contributed by atoms with Gasteiger partial charge in [-0.15, -0.1) is 11.3 Å². The average molecular weight is 353 g/mol. The molecular formula is C15H17BrN2OS. The average Bonchev–Trinajstić information content (AvgIpc) is 2.84. The Bertz CT molecular complexity index is 570. The van der Waals surface area contributed by atoms with Crippen molar-refractivity contribution in [3.63, 3.8) is 0 Å². The van der Waals surface area contributed by atoms with Crippen LogP contribution in [0.15, 0.2) is 45.6 Å². The van der Waals surface area contributed by atoms with Crippen molar-refractivity contribution in [2.24, 2.45) is 5.73 Å². The first kappa shape index (κ1) is 15.2. The van der Waals surface area contributed by atoms with Gasteiger partial charge >= 0.3 is 0 Å². The molecular weight excluding hydrogens is 336 g/mol. The van der Waals surface area contributed by atoms with Crippen molar-refractivity contribution in [3.05, 3.63) is 56.7 Å². The molecule has 0 spiro atoms. The molecule has 1 heterocycles. The largest absolute Gasteiger partial charge is 0.340 e. The lowest BCUT2D eigenvalue weighted by Gasteiger charge is -2.21. The summed E-state index contributed by atoms with van der Waals surface area (Å²) in [5.41, 5.74) is 8.21. The molecule has 1 aromatic carbocycles. The van der Waals surface area contributed by atoms with Crippen LogP contribution >= 0.6 is 27.3 Å². The number of benzene rings is 1. The summed E-state index contributed by atoms with van der Waals surface area (Å²) >= 11 is 5.04. The van der Waals surface area contributed by atoms with Gasteiger partial charge < -0.3 is 10.6 Å². The number of nitrogens with two attached hydrogens (primary N) is 1. The molecule has 5 heteroatoms. The van der Waals surface area contributed by atoms with Gasteiger partial charge in [-0.3, -0.25) is 4.79 Å². The Morgan fingerprint density at radius 1 is 1.35 bits per heavy atom. The van der Waals surface area contributed by atoms with Gasteiger partial charge in [0.15, 0.2) is 0 Å². The maximum atomic E-state index is 12.3. The number of nitrogens with zero attached hydrogens (tertiary/aromatic N) is 1.